The highest BCUT2D eigenvalue weighted by molar-refractivity contribution is 6.26. The molecule has 0 aliphatic carbocycles. The number of carbonyl (C=O) groups excluding carboxylic acids is 1. The van der Waals surface area contributed by atoms with Crippen LogP contribution in [0.5, 0.6) is 0 Å². The van der Waals surface area contributed by atoms with E-state index >= 15 is 0 Å². The number of carbonyl (C=O) groups is 1. The smallest absolute Gasteiger partial charge is 0.267 e. The molecule has 26 heavy (non-hydrogen) atoms. The zero-order valence-corrected chi connectivity index (χ0v) is 14.6. The maximum atomic E-state index is 12.0. The molecule has 3 aromatic rings. The van der Waals surface area contributed by atoms with Crippen molar-refractivity contribution in [2.75, 3.05) is 0 Å². The summed E-state index contributed by atoms with van der Waals surface area (Å²) in [5.41, 5.74) is 8.60. The van der Waals surface area contributed by atoms with E-state index in [1.807, 2.05) is 66.3 Å². The van der Waals surface area contributed by atoms with Crippen molar-refractivity contribution >= 4 is 17.7 Å². The molecule has 0 radical (unpaired) electrons. The first kappa shape index (κ1) is 16.0. The minimum atomic E-state index is -0.190. The van der Waals surface area contributed by atoms with Crippen LogP contribution in [0.1, 0.15) is 18.1 Å². The van der Waals surface area contributed by atoms with Gasteiger partial charge < -0.3 is 0 Å². The zero-order valence-electron chi connectivity index (χ0n) is 14.6. The largest absolute Gasteiger partial charge is 0.273 e. The van der Waals surface area contributed by atoms with Gasteiger partial charge in [-0.15, -0.1) is 0 Å². The molecule has 2 heterocycles. The molecule has 1 amide bonds. The number of amides is 1. The maximum Gasteiger partial charge on any atom is 0.273 e. The number of para-hydroxylation sites is 1. The fourth-order valence-electron chi connectivity index (χ4n) is 2.89. The van der Waals surface area contributed by atoms with Crippen LogP contribution >= 0.6 is 0 Å². The van der Waals surface area contributed by atoms with Crippen LogP contribution in [0.2, 0.25) is 0 Å². The number of nitrogens with one attached hydrogen (secondary N) is 1. The summed E-state index contributed by atoms with van der Waals surface area (Å²) in [7, 11) is 0. The minimum absolute atomic E-state index is 0.190. The molecule has 5 nitrogen and oxygen atoms in total. The van der Waals surface area contributed by atoms with Crippen LogP contribution in [0.4, 0.5) is 0 Å². The molecule has 1 N–H and O–H groups in total. The summed E-state index contributed by atoms with van der Waals surface area (Å²) < 4.78 is 1.83. The Morgan fingerprint density at radius 2 is 1.73 bits per heavy atom. The average molecular weight is 342 g/mol. The highest BCUT2D eigenvalue weighted by Crippen LogP contribution is 2.27. The topological polar surface area (TPSA) is 59.3 Å². The van der Waals surface area contributed by atoms with Gasteiger partial charge in [0.1, 0.15) is 0 Å². The minimum Gasteiger partial charge on any atom is -0.267 e. The number of hydrazone groups is 1. The first-order valence-corrected chi connectivity index (χ1v) is 8.40. The third-order valence-corrected chi connectivity index (χ3v) is 4.35. The zero-order chi connectivity index (χ0) is 18.1. The van der Waals surface area contributed by atoms with Crippen molar-refractivity contribution in [3.05, 3.63) is 77.5 Å². The van der Waals surface area contributed by atoms with Crippen LogP contribution in [0, 0.1) is 6.92 Å². The molecule has 0 unspecified atom stereocenters. The third kappa shape index (κ3) is 2.95. The van der Waals surface area contributed by atoms with Gasteiger partial charge in [-0.25, -0.2) is 10.1 Å². The van der Waals surface area contributed by atoms with Gasteiger partial charge in [-0.2, -0.15) is 10.2 Å². The first-order chi connectivity index (χ1) is 12.6. The van der Waals surface area contributed by atoms with Crippen molar-refractivity contribution in [1.82, 2.24) is 15.2 Å². The molecule has 1 aliphatic heterocycles. The van der Waals surface area contributed by atoms with Gasteiger partial charge in [0, 0.05) is 17.3 Å². The monoisotopic (exact) mass is 342 g/mol. The fraction of sp³-hybridized carbons (Fsp3) is 0.0952. The number of aryl methyl sites for hydroxylation is 1. The Morgan fingerprint density at radius 3 is 2.38 bits per heavy atom. The second-order valence-corrected chi connectivity index (χ2v) is 6.28. The van der Waals surface area contributed by atoms with E-state index in [0.717, 1.165) is 22.5 Å². The van der Waals surface area contributed by atoms with Gasteiger partial charge in [0.15, 0.2) is 0 Å². The Balaban J connectivity index is 1.87. The molecule has 1 aliphatic rings. The summed E-state index contributed by atoms with van der Waals surface area (Å²) in [6.45, 7) is 3.87. The number of nitrogens with zero attached hydrogens (tertiary/aromatic N) is 3. The lowest BCUT2D eigenvalue weighted by atomic mass is 10.0. The van der Waals surface area contributed by atoms with Gasteiger partial charge in [-0.05, 0) is 32.1 Å². The number of benzene rings is 2. The van der Waals surface area contributed by atoms with Crippen LogP contribution in [-0.2, 0) is 4.79 Å². The van der Waals surface area contributed by atoms with Crippen LogP contribution in [0.3, 0.4) is 0 Å². The van der Waals surface area contributed by atoms with Crippen LogP contribution < -0.4 is 5.43 Å². The predicted molar refractivity (Wildman–Crippen MR) is 103 cm³/mol. The van der Waals surface area contributed by atoms with Gasteiger partial charge in [0.25, 0.3) is 5.91 Å². The predicted octanol–water partition coefficient (Wildman–Crippen LogP) is 3.74. The molecule has 4 rings (SSSR count). The van der Waals surface area contributed by atoms with Crippen LogP contribution in [0.25, 0.3) is 23.0 Å². The molecule has 1 aromatic heterocycles. The number of hydrogen-bond acceptors (Lipinski definition) is 3. The molecule has 128 valence electrons. The van der Waals surface area contributed by atoms with Crippen molar-refractivity contribution in [2.45, 2.75) is 13.8 Å². The maximum absolute atomic E-state index is 12.0. The SMILES string of the molecule is CC1=NNC(=O)C1=Cc1cn(-c2ccccc2)nc1-c1ccc(C)cc1. The average Bonchev–Trinajstić information content (AvgIpc) is 3.22. The second kappa shape index (κ2) is 6.44. The van der Waals surface area contributed by atoms with E-state index in [9.17, 15) is 4.79 Å². The summed E-state index contributed by atoms with van der Waals surface area (Å²) in [4.78, 5) is 12.0. The van der Waals surface area contributed by atoms with E-state index in [0.29, 0.717) is 11.3 Å². The standard InChI is InChI=1S/C21H18N4O/c1-14-8-10-16(11-9-14)20-17(12-19-15(2)22-23-21(19)26)13-25(24-20)18-6-4-3-5-7-18/h3-13H,1-2H3,(H,23,26). The highest BCUT2D eigenvalue weighted by Gasteiger charge is 2.20. The quantitative estimate of drug-likeness (QED) is 0.737. The number of hydrogen-bond donors (Lipinski definition) is 1. The molecule has 0 saturated heterocycles. The molecule has 0 fully saturated rings. The molecule has 2 aromatic carbocycles. The van der Waals surface area contributed by atoms with Gasteiger partial charge in [-0.1, -0.05) is 48.0 Å². The van der Waals surface area contributed by atoms with E-state index in [2.05, 4.69) is 29.6 Å². The lowest BCUT2D eigenvalue weighted by Crippen LogP contribution is -2.12. The van der Waals surface area contributed by atoms with Crippen molar-refractivity contribution in [3.8, 4) is 16.9 Å². The first-order valence-electron chi connectivity index (χ1n) is 8.40. The molecular weight excluding hydrogens is 324 g/mol. The number of rotatable bonds is 3. The van der Waals surface area contributed by atoms with Crippen molar-refractivity contribution in [2.24, 2.45) is 5.10 Å². The normalized spacial score (nSPS) is 15.2. The summed E-state index contributed by atoms with van der Waals surface area (Å²) >= 11 is 0. The van der Waals surface area contributed by atoms with Gasteiger partial charge in [-0.3, -0.25) is 4.79 Å². The van der Waals surface area contributed by atoms with Crippen molar-refractivity contribution < 1.29 is 4.79 Å². The Morgan fingerprint density at radius 1 is 1.00 bits per heavy atom. The lowest BCUT2D eigenvalue weighted by Gasteiger charge is -2.01. The molecule has 5 heteroatoms. The van der Waals surface area contributed by atoms with Crippen LogP contribution in [0.15, 0.2) is 71.5 Å². The molecular formula is C21H18N4O. The van der Waals surface area contributed by atoms with E-state index in [-0.39, 0.29) is 5.91 Å². The summed E-state index contributed by atoms with van der Waals surface area (Å²) in [6.07, 6.45) is 3.79. The molecule has 0 atom stereocenters. The second-order valence-electron chi connectivity index (χ2n) is 6.28. The third-order valence-electron chi connectivity index (χ3n) is 4.35. The van der Waals surface area contributed by atoms with E-state index in [1.165, 1.54) is 5.56 Å². The Kier molecular flexibility index (Phi) is 3.97. The molecule has 0 saturated carbocycles. The summed E-state index contributed by atoms with van der Waals surface area (Å²) in [5, 5.41) is 8.77. The van der Waals surface area contributed by atoms with E-state index in [1.54, 1.807) is 0 Å². The van der Waals surface area contributed by atoms with Crippen LogP contribution in [-0.4, -0.2) is 21.4 Å². The Bertz CT molecular complexity index is 1030. The Labute approximate surface area is 151 Å². The number of aromatic nitrogens is 2. The molecule has 0 spiro atoms. The highest BCUT2D eigenvalue weighted by atomic mass is 16.2. The van der Waals surface area contributed by atoms with Gasteiger partial charge in [0.05, 0.1) is 22.7 Å². The van der Waals surface area contributed by atoms with Crippen molar-refractivity contribution in [3.63, 3.8) is 0 Å². The summed E-state index contributed by atoms with van der Waals surface area (Å²) in [6, 6.07) is 18.1. The van der Waals surface area contributed by atoms with Crippen molar-refractivity contribution in [1.29, 1.82) is 0 Å². The molecule has 0 bridgehead atoms. The fourth-order valence-corrected chi connectivity index (χ4v) is 2.89. The van der Waals surface area contributed by atoms with E-state index in [4.69, 9.17) is 5.10 Å². The lowest BCUT2D eigenvalue weighted by molar-refractivity contribution is -0.116. The van der Waals surface area contributed by atoms with E-state index < -0.39 is 0 Å². The van der Waals surface area contributed by atoms with Gasteiger partial charge in [0.2, 0.25) is 0 Å². The summed E-state index contributed by atoms with van der Waals surface area (Å²) in [5.74, 6) is -0.190. The van der Waals surface area contributed by atoms with Gasteiger partial charge >= 0.3 is 0 Å². The Hall–Kier alpha value is -3.47.